The highest BCUT2D eigenvalue weighted by Crippen LogP contribution is 2.45. The Morgan fingerprint density at radius 3 is 2.50 bits per heavy atom. The fraction of sp³-hybridized carbons (Fsp3) is 0.630. The van der Waals surface area contributed by atoms with Crippen molar-refractivity contribution in [3.05, 3.63) is 34.5 Å². The van der Waals surface area contributed by atoms with E-state index in [9.17, 15) is 14.9 Å². The molecule has 1 atom stereocenters. The van der Waals surface area contributed by atoms with Gasteiger partial charge in [-0.2, -0.15) is 5.26 Å². The van der Waals surface area contributed by atoms with E-state index in [1.165, 1.54) is 12.8 Å². The Hall–Kier alpha value is -2.88. The van der Waals surface area contributed by atoms with Gasteiger partial charge in [-0.05, 0) is 75.0 Å². The number of amides is 2. The highest BCUT2D eigenvalue weighted by Gasteiger charge is 2.45. The maximum atomic E-state index is 12.9. The summed E-state index contributed by atoms with van der Waals surface area (Å²) in [6, 6.07) is 2.74. The molecular weight excluding hydrogens is 426 g/mol. The molecule has 4 fully saturated rings. The summed E-state index contributed by atoms with van der Waals surface area (Å²) in [5.41, 5.74) is 3.99. The third-order valence-corrected chi connectivity index (χ3v) is 8.20. The number of piperazine rings is 1. The van der Waals surface area contributed by atoms with Gasteiger partial charge in [0.25, 0.3) is 0 Å². The average molecular weight is 460 g/mol. The van der Waals surface area contributed by atoms with Gasteiger partial charge in [-0.1, -0.05) is 6.08 Å². The lowest BCUT2D eigenvalue weighted by Crippen LogP contribution is -2.57. The maximum Gasteiger partial charge on any atom is 0.246 e. The molecule has 0 bridgehead atoms. The summed E-state index contributed by atoms with van der Waals surface area (Å²) >= 11 is 0. The lowest BCUT2D eigenvalue weighted by Gasteiger charge is -2.43. The number of carbonyl (C=O) groups is 2. The number of carbonyl (C=O) groups excluding carboxylic acids is 2. The van der Waals surface area contributed by atoms with Crippen molar-refractivity contribution in [3.63, 3.8) is 0 Å². The van der Waals surface area contributed by atoms with Crippen LogP contribution in [0.4, 0.5) is 5.82 Å². The van der Waals surface area contributed by atoms with Crippen molar-refractivity contribution in [2.75, 3.05) is 31.1 Å². The molecule has 0 spiro atoms. The summed E-state index contributed by atoms with van der Waals surface area (Å²) in [6.45, 7) is 5.27. The number of nitrogens with zero attached hydrogens (tertiary/aromatic N) is 5. The Bertz CT molecular complexity index is 1090. The molecule has 178 valence electrons. The van der Waals surface area contributed by atoms with Gasteiger partial charge in [0.1, 0.15) is 11.9 Å². The van der Waals surface area contributed by atoms with Gasteiger partial charge in [-0.15, -0.1) is 0 Å². The number of allylic oxidation sites excluding steroid dienone is 1. The molecule has 7 heteroatoms. The van der Waals surface area contributed by atoms with E-state index < -0.39 is 0 Å². The van der Waals surface area contributed by atoms with Crippen molar-refractivity contribution in [1.29, 1.82) is 5.26 Å². The monoisotopic (exact) mass is 459 g/mol. The molecule has 0 N–H and O–H groups in total. The summed E-state index contributed by atoms with van der Waals surface area (Å²) in [4.78, 5) is 37.0. The quantitative estimate of drug-likeness (QED) is 0.632. The molecule has 0 aromatic carbocycles. The van der Waals surface area contributed by atoms with Gasteiger partial charge in [0.15, 0.2) is 0 Å². The van der Waals surface area contributed by atoms with Gasteiger partial charge in [-0.25, -0.2) is 4.98 Å². The third kappa shape index (κ3) is 3.87. The van der Waals surface area contributed by atoms with E-state index in [1.807, 2.05) is 11.8 Å². The predicted molar refractivity (Wildman–Crippen MR) is 128 cm³/mol. The van der Waals surface area contributed by atoms with Crippen LogP contribution in [-0.2, 0) is 22.6 Å². The fourth-order valence-corrected chi connectivity index (χ4v) is 5.85. The molecule has 2 amide bonds. The predicted octanol–water partition coefficient (Wildman–Crippen LogP) is 3.13. The summed E-state index contributed by atoms with van der Waals surface area (Å²) in [5, 5.41) is 10.2. The third-order valence-electron chi connectivity index (χ3n) is 8.20. The molecule has 34 heavy (non-hydrogen) atoms. The van der Waals surface area contributed by atoms with Crippen LogP contribution in [0.3, 0.4) is 0 Å². The van der Waals surface area contributed by atoms with E-state index >= 15 is 0 Å². The molecule has 7 nitrogen and oxygen atoms in total. The van der Waals surface area contributed by atoms with Crippen LogP contribution in [0, 0.1) is 23.2 Å². The number of nitriles is 1. The van der Waals surface area contributed by atoms with E-state index in [2.05, 4.69) is 15.9 Å². The van der Waals surface area contributed by atoms with Gasteiger partial charge >= 0.3 is 0 Å². The number of hydrogen-bond donors (Lipinski definition) is 0. The Morgan fingerprint density at radius 2 is 1.85 bits per heavy atom. The molecule has 2 aliphatic heterocycles. The second-order valence-electron chi connectivity index (χ2n) is 10.7. The van der Waals surface area contributed by atoms with E-state index in [0.29, 0.717) is 42.8 Å². The zero-order valence-electron chi connectivity index (χ0n) is 20.0. The molecule has 3 aliphatic carbocycles. The molecular formula is C27H33N5O2. The first-order valence-corrected chi connectivity index (χ1v) is 13.0. The van der Waals surface area contributed by atoms with Crippen molar-refractivity contribution in [2.45, 2.75) is 70.4 Å². The molecule has 6 rings (SSSR count). The van der Waals surface area contributed by atoms with Gasteiger partial charge in [-0.3, -0.25) is 9.59 Å². The first-order valence-electron chi connectivity index (χ1n) is 13.0. The summed E-state index contributed by atoms with van der Waals surface area (Å²) in [5.74, 6) is 2.47. The second-order valence-corrected chi connectivity index (χ2v) is 10.7. The van der Waals surface area contributed by atoms with Gasteiger partial charge in [0.05, 0.1) is 17.3 Å². The number of pyridine rings is 1. The Balaban J connectivity index is 1.33. The zero-order valence-corrected chi connectivity index (χ0v) is 20.0. The summed E-state index contributed by atoms with van der Waals surface area (Å²) in [7, 11) is 0. The average Bonchev–Trinajstić information content (AvgIpc) is 3.72. The minimum absolute atomic E-state index is 0.0289. The van der Waals surface area contributed by atoms with Crippen LogP contribution in [0.15, 0.2) is 12.2 Å². The highest BCUT2D eigenvalue weighted by molar-refractivity contribution is 5.87. The van der Waals surface area contributed by atoms with Crippen LogP contribution in [0.2, 0.25) is 0 Å². The van der Waals surface area contributed by atoms with Gasteiger partial charge < -0.3 is 14.7 Å². The smallest absolute Gasteiger partial charge is 0.246 e. The molecule has 3 heterocycles. The second kappa shape index (κ2) is 8.41. The largest absolute Gasteiger partial charge is 0.352 e. The number of fused-ring (bicyclic) bond motifs is 1. The molecule has 0 unspecified atom stereocenters. The number of hydrogen-bond acceptors (Lipinski definition) is 5. The molecule has 1 aromatic rings. The molecule has 1 saturated heterocycles. The standard InChI is InChI=1S/C27H33N5O2/c1-2-3-24(33)30-11-10-20-21(14-28)26(29-25(18-6-7-18)22(20)15-30)31-12-13-32(27(34)19-8-9-19)23(16-31)17-4-5-17/h2-3,17-19,23H,4-13,15-16H2,1H3/t23-/m0/s1. The van der Waals surface area contributed by atoms with Crippen LogP contribution >= 0.6 is 0 Å². The van der Waals surface area contributed by atoms with Crippen molar-refractivity contribution in [1.82, 2.24) is 14.8 Å². The zero-order chi connectivity index (χ0) is 23.4. The van der Waals surface area contributed by atoms with Crippen molar-refractivity contribution in [3.8, 4) is 6.07 Å². The first-order chi connectivity index (χ1) is 16.6. The lowest BCUT2D eigenvalue weighted by atomic mass is 9.92. The van der Waals surface area contributed by atoms with E-state index in [-0.39, 0.29) is 17.9 Å². The van der Waals surface area contributed by atoms with E-state index in [0.717, 1.165) is 68.0 Å². The SMILES string of the molecule is CC=CC(=O)N1CCc2c(C#N)c(N3CCN(C(=O)C4CC4)[C@H](C4CC4)C3)nc(C3CC3)c2C1. The maximum absolute atomic E-state index is 12.9. The van der Waals surface area contributed by atoms with Crippen LogP contribution < -0.4 is 4.90 Å². The molecule has 3 saturated carbocycles. The normalized spacial score (nSPS) is 24.8. The molecule has 5 aliphatic rings. The summed E-state index contributed by atoms with van der Waals surface area (Å²) in [6.07, 6.45) is 10.8. The summed E-state index contributed by atoms with van der Waals surface area (Å²) < 4.78 is 0. The Labute approximate surface area is 201 Å². The Morgan fingerprint density at radius 1 is 1.06 bits per heavy atom. The van der Waals surface area contributed by atoms with Crippen LogP contribution in [0.5, 0.6) is 0 Å². The minimum atomic E-state index is 0.0289. The topological polar surface area (TPSA) is 80.5 Å². The highest BCUT2D eigenvalue weighted by atomic mass is 16.2. The fourth-order valence-electron chi connectivity index (χ4n) is 5.85. The van der Waals surface area contributed by atoms with Gasteiger partial charge in [0.2, 0.25) is 11.8 Å². The molecule has 0 radical (unpaired) electrons. The van der Waals surface area contributed by atoms with E-state index in [4.69, 9.17) is 4.98 Å². The first kappa shape index (κ1) is 21.6. The van der Waals surface area contributed by atoms with Crippen molar-refractivity contribution in [2.24, 2.45) is 11.8 Å². The Kier molecular flexibility index (Phi) is 5.35. The van der Waals surface area contributed by atoms with Crippen LogP contribution in [0.1, 0.15) is 73.8 Å². The van der Waals surface area contributed by atoms with Crippen LogP contribution in [0.25, 0.3) is 0 Å². The van der Waals surface area contributed by atoms with Crippen LogP contribution in [-0.4, -0.2) is 58.8 Å². The van der Waals surface area contributed by atoms with Crippen molar-refractivity contribution >= 4 is 17.6 Å². The number of aromatic nitrogens is 1. The lowest BCUT2D eigenvalue weighted by molar-refractivity contribution is -0.135. The number of rotatable bonds is 5. The van der Waals surface area contributed by atoms with Gasteiger partial charge in [0, 0.05) is 44.6 Å². The molecule has 1 aromatic heterocycles. The number of anilines is 1. The van der Waals surface area contributed by atoms with E-state index in [1.54, 1.807) is 12.2 Å². The minimum Gasteiger partial charge on any atom is -0.352 e. The van der Waals surface area contributed by atoms with Crippen molar-refractivity contribution < 1.29 is 9.59 Å².